The lowest BCUT2D eigenvalue weighted by molar-refractivity contribution is -0.157. The molecule has 5 fully saturated rings. The van der Waals surface area contributed by atoms with Crippen LogP contribution in [0.3, 0.4) is 0 Å². The van der Waals surface area contributed by atoms with Gasteiger partial charge in [-0.05, 0) is 81.3 Å². The average molecular weight is 425 g/mol. The van der Waals surface area contributed by atoms with Crippen molar-refractivity contribution in [3.8, 4) is 5.75 Å². The lowest BCUT2D eigenvalue weighted by Gasteiger charge is -2.56. The van der Waals surface area contributed by atoms with E-state index in [0.717, 1.165) is 68.7 Å². The van der Waals surface area contributed by atoms with Gasteiger partial charge in [-0.2, -0.15) is 0 Å². The minimum Gasteiger partial charge on any atom is -0.494 e. The Morgan fingerprint density at radius 3 is 2.16 bits per heavy atom. The van der Waals surface area contributed by atoms with Gasteiger partial charge in [0.25, 0.3) is 0 Å². The van der Waals surface area contributed by atoms with Crippen LogP contribution in [-0.4, -0.2) is 54.4 Å². The number of ether oxygens (including phenoxy) is 1. The van der Waals surface area contributed by atoms with Crippen LogP contribution in [0, 0.1) is 23.2 Å². The molecule has 1 heterocycles. The van der Waals surface area contributed by atoms with E-state index in [0.29, 0.717) is 32.0 Å². The number of carbonyl (C=O) groups excluding carboxylic acids is 2. The summed E-state index contributed by atoms with van der Waals surface area (Å²) in [6, 6.07) is 9.74. The van der Waals surface area contributed by atoms with E-state index in [2.05, 4.69) is 4.90 Å². The van der Waals surface area contributed by atoms with Crippen molar-refractivity contribution in [1.82, 2.24) is 9.80 Å². The quantitative estimate of drug-likeness (QED) is 0.646. The molecule has 4 aliphatic carbocycles. The molecule has 0 aromatic heterocycles. The number of para-hydroxylation sites is 1. The zero-order valence-corrected chi connectivity index (χ0v) is 18.6. The number of carbonyl (C=O) groups is 2. The van der Waals surface area contributed by atoms with Gasteiger partial charge in [0.1, 0.15) is 5.75 Å². The second-order valence-corrected chi connectivity index (χ2v) is 10.5. The zero-order chi connectivity index (χ0) is 21.3. The normalized spacial score (nSPS) is 32.1. The van der Waals surface area contributed by atoms with Gasteiger partial charge in [-0.25, -0.2) is 0 Å². The Labute approximate surface area is 186 Å². The van der Waals surface area contributed by atoms with Crippen LogP contribution in [0.15, 0.2) is 30.3 Å². The minimum absolute atomic E-state index is 0.0668. The fourth-order valence-corrected chi connectivity index (χ4v) is 7.17. The third-order valence-electron chi connectivity index (χ3n) is 8.17. The van der Waals surface area contributed by atoms with Crippen molar-refractivity contribution in [3.05, 3.63) is 30.3 Å². The summed E-state index contributed by atoms with van der Waals surface area (Å²) in [6.07, 6.45) is 9.59. The standard InChI is InChI=1S/C26H36N2O3/c29-24(8-4-13-31-23-6-2-1-3-7-23)27-9-5-10-28(12-11-27)25(30)26-17-20-14-21(18-26)16-22(15-20)19-26/h1-3,6-7,20-22H,4-5,8-19H2. The van der Waals surface area contributed by atoms with Gasteiger partial charge in [0.05, 0.1) is 12.0 Å². The van der Waals surface area contributed by atoms with Gasteiger partial charge in [-0.3, -0.25) is 9.59 Å². The van der Waals surface area contributed by atoms with Crippen LogP contribution in [0.5, 0.6) is 5.75 Å². The Morgan fingerprint density at radius 1 is 0.871 bits per heavy atom. The van der Waals surface area contributed by atoms with Crippen LogP contribution in [0.4, 0.5) is 0 Å². The van der Waals surface area contributed by atoms with Crippen molar-refractivity contribution in [2.75, 3.05) is 32.8 Å². The molecule has 1 aromatic carbocycles. The zero-order valence-electron chi connectivity index (χ0n) is 18.6. The lowest BCUT2D eigenvalue weighted by atomic mass is 9.49. The summed E-state index contributed by atoms with van der Waals surface area (Å²) < 4.78 is 5.71. The van der Waals surface area contributed by atoms with Crippen LogP contribution in [0.1, 0.15) is 57.8 Å². The Kier molecular flexibility index (Phi) is 5.94. The number of nitrogens with zero attached hydrogens (tertiary/aromatic N) is 2. The number of hydrogen-bond donors (Lipinski definition) is 0. The van der Waals surface area contributed by atoms with Crippen LogP contribution >= 0.6 is 0 Å². The molecule has 0 unspecified atom stereocenters. The van der Waals surface area contributed by atoms with Crippen LogP contribution < -0.4 is 4.74 Å². The number of amides is 2. The number of rotatable bonds is 6. The maximum atomic E-state index is 13.6. The molecule has 31 heavy (non-hydrogen) atoms. The first-order valence-corrected chi connectivity index (χ1v) is 12.4. The fourth-order valence-electron chi connectivity index (χ4n) is 7.17. The van der Waals surface area contributed by atoms with Crippen LogP contribution in [-0.2, 0) is 9.59 Å². The van der Waals surface area contributed by atoms with Gasteiger partial charge in [0.2, 0.25) is 11.8 Å². The third-order valence-corrected chi connectivity index (χ3v) is 8.17. The Morgan fingerprint density at radius 2 is 1.48 bits per heavy atom. The molecule has 4 bridgehead atoms. The average Bonchev–Trinajstić information content (AvgIpc) is 3.02. The largest absolute Gasteiger partial charge is 0.494 e. The summed E-state index contributed by atoms with van der Waals surface area (Å²) in [6.45, 7) is 3.51. The third kappa shape index (κ3) is 4.47. The molecule has 5 aliphatic rings. The molecule has 1 aliphatic heterocycles. The maximum absolute atomic E-state index is 13.6. The molecule has 6 rings (SSSR count). The molecule has 5 heteroatoms. The lowest BCUT2D eigenvalue weighted by Crippen LogP contribution is -2.55. The van der Waals surface area contributed by atoms with E-state index in [1.807, 2.05) is 35.2 Å². The summed E-state index contributed by atoms with van der Waals surface area (Å²) in [7, 11) is 0. The first kappa shape index (κ1) is 20.8. The summed E-state index contributed by atoms with van der Waals surface area (Å²) >= 11 is 0. The highest BCUT2D eigenvalue weighted by molar-refractivity contribution is 5.83. The number of benzene rings is 1. The summed E-state index contributed by atoms with van der Waals surface area (Å²) in [5.74, 6) is 3.83. The summed E-state index contributed by atoms with van der Waals surface area (Å²) in [4.78, 5) is 30.4. The van der Waals surface area contributed by atoms with E-state index >= 15 is 0 Å². The topological polar surface area (TPSA) is 49.9 Å². The van der Waals surface area contributed by atoms with Crippen molar-refractivity contribution < 1.29 is 14.3 Å². The molecule has 5 nitrogen and oxygen atoms in total. The smallest absolute Gasteiger partial charge is 0.228 e. The molecule has 4 saturated carbocycles. The SMILES string of the molecule is O=C(CCCOc1ccccc1)N1CCCN(C(=O)C23CC4CC(CC(C4)C2)C3)CC1. The van der Waals surface area contributed by atoms with E-state index < -0.39 is 0 Å². The molecule has 168 valence electrons. The second-order valence-electron chi connectivity index (χ2n) is 10.5. The molecule has 0 radical (unpaired) electrons. The van der Waals surface area contributed by atoms with Gasteiger partial charge in [-0.1, -0.05) is 18.2 Å². The molecular formula is C26H36N2O3. The molecule has 1 aromatic rings. The van der Waals surface area contributed by atoms with Gasteiger partial charge in [0, 0.05) is 32.6 Å². The van der Waals surface area contributed by atoms with Crippen LogP contribution in [0.2, 0.25) is 0 Å². The second kappa shape index (κ2) is 8.84. The van der Waals surface area contributed by atoms with Gasteiger partial charge in [0.15, 0.2) is 0 Å². The van der Waals surface area contributed by atoms with Crippen molar-refractivity contribution in [3.63, 3.8) is 0 Å². The van der Waals surface area contributed by atoms with Crippen molar-refractivity contribution in [1.29, 1.82) is 0 Å². The molecule has 0 N–H and O–H groups in total. The van der Waals surface area contributed by atoms with Crippen LogP contribution in [0.25, 0.3) is 0 Å². The molecule has 1 saturated heterocycles. The predicted octanol–water partition coefficient (Wildman–Crippen LogP) is 4.12. The first-order chi connectivity index (χ1) is 15.1. The van der Waals surface area contributed by atoms with Gasteiger partial charge >= 0.3 is 0 Å². The van der Waals surface area contributed by atoms with Crippen molar-refractivity contribution in [2.45, 2.75) is 57.8 Å². The Bertz CT molecular complexity index is 758. The van der Waals surface area contributed by atoms with Crippen molar-refractivity contribution in [2.24, 2.45) is 23.2 Å². The molecular weight excluding hydrogens is 388 g/mol. The summed E-state index contributed by atoms with van der Waals surface area (Å²) in [5.41, 5.74) is -0.0668. The molecule has 0 atom stereocenters. The summed E-state index contributed by atoms with van der Waals surface area (Å²) in [5, 5.41) is 0. The highest BCUT2D eigenvalue weighted by Crippen LogP contribution is 2.60. The minimum atomic E-state index is -0.0668. The predicted molar refractivity (Wildman–Crippen MR) is 120 cm³/mol. The molecule has 2 amide bonds. The first-order valence-electron chi connectivity index (χ1n) is 12.4. The van der Waals surface area contributed by atoms with Gasteiger partial charge in [-0.15, -0.1) is 0 Å². The maximum Gasteiger partial charge on any atom is 0.228 e. The van der Waals surface area contributed by atoms with E-state index in [1.54, 1.807) is 0 Å². The fraction of sp³-hybridized carbons (Fsp3) is 0.692. The Hall–Kier alpha value is -2.04. The monoisotopic (exact) mass is 424 g/mol. The van der Waals surface area contributed by atoms with E-state index in [1.165, 1.54) is 19.3 Å². The highest BCUT2D eigenvalue weighted by atomic mass is 16.5. The highest BCUT2D eigenvalue weighted by Gasteiger charge is 2.55. The van der Waals surface area contributed by atoms with E-state index in [-0.39, 0.29) is 11.3 Å². The van der Waals surface area contributed by atoms with E-state index in [9.17, 15) is 9.59 Å². The number of hydrogen-bond acceptors (Lipinski definition) is 3. The van der Waals surface area contributed by atoms with Gasteiger partial charge < -0.3 is 14.5 Å². The van der Waals surface area contributed by atoms with E-state index in [4.69, 9.17) is 4.74 Å². The van der Waals surface area contributed by atoms with Crippen molar-refractivity contribution >= 4 is 11.8 Å². The molecule has 0 spiro atoms. The Balaban J connectivity index is 1.10.